The van der Waals surface area contributed by atoms with Gasteiger partial charge in [0.15, 0.2) is 5.13 Å². The van der Waals surface area contributed by atoms with Crippen LogP contribution in [0.25, 0.3) is 0 Å². The molecule has 1 amide bonds. The molecule has 0 aliphatic carbocycles. The van der Waals surface area contributed by atoms with E-state index in [1.165, 1.54) is 5.56 Å². The van der Waals surface area contributed by atoms with E-state index < -0.39 is 0 Å². The van der Waals surface area contributed by atoms with Gasteiger partial charge in [-0.1, -0.05) is 29.8 Å². The van der Waals surface area contributed by atoms with Crippen molar-refractivity contribution in [1.82, 2.24) is 10.3 Å². The van der Waals surface area contributed by atoms with Gasteiger partial charge in [0, 0.05) is 24.4 Å². The molecule has 1 fully saturated rings. The van der Waals surface area contributed by atoms with E-state index in [9.17, 15) is 9.90 Å². The van der Waals surface area contributed by atoms with Crippen LogP contribution < -0.4 is 10.2 Å². The van der Waals surface area contributed by atoms with E-state index in [-0.39, 0.29) is 24.5 Å². The normalized spacial score (nSPS) is 16.5. The van der Waals surface area contributed by atoms with Crippen LogP contribution in [0.4, 0.5) is 5.13 Å². The second-order valence-electron chi connectivity index (χ2n) is 7.11. The lowest BCUT2D eigenvalue weighted by Gasteiger charge is -2.31. The summed E-state index contributed by atoms with van der Waals surface area (Å²) in [5.74, 6) is 0.0746. The van der Waals surface area contributed by atoms with E-state index in [2.05, 4.69) is 26.6 Å². The molecule has 1 aliphatic rings. The van der Waals surface area contributed by atoms with Gasteiger partial charge in [0.2, 0.25) is 5.91 Å². The Kier molecular flexibility index (Phi) is 6.27. The number of aliphatic hydroxyl groups excluding tert-OH is 1. The highest BCUT2D eigenvalue weighted by Gasteiger charge is 2.27. The number of amides is 1. The van der Waals surface area contributed by atoms with E-state index in [0.29, 0.717) is 6.42 Å². The fourth-order valence-electron chi connectivity index (χ4n) is 3.42. The Hall–Kier alpha value is -1.92. The van der Waals surface area contributed by atoms with Crippen molar-refractivity contribution in [1.29, 1.82) is 0 Å². The van der Waals surface area contributed by atoms with Crippen molar-refractivity contribution in [2.75, 3.05) is 24.6 Å². The van der Waals surface area contributed by atoms with Crippen LogP contribution in [0.3, 0.4) is 0 Å². The number of hydrogen-bond acceptors (Lipinski definition) is 5. The van der Waals surface area contributed by atoms with E-state index >= 15 is 0 Å². The molecule has 5 nitrogen and oxygen atoms in total. The van der Waals surface area contributed by atoms with Crippen LogP contribution in [0.2, 0.25) is 0 Å². The number of aliphatic hydroxyl groups is 1. The first-order chi connectivity index (χ1) is 12.5. The maximum absolute atomic E-state index is 12.6. The summed E-state index contributed by atoms with van der Waals surface area (Å²) in [4.78, 5) is 19.4. The topological polar surface area (TPSA) is 65.5 Å². The summed E-state index contributed by atoms with van der Waals surface area (Å²) in [6.45, 7) is 5.72. The van der Waals surface area contributed by atoms with Crippen LogP contribution in [-0.2, 0) is 11.2 Å². The molecule has 1 aromatic heterocycles. The molecule has 0 spiro atoms. The van der Waals surface area contributed by atoms with Gasteiger partial charge >= 0.3 is 0 Å². The number of benzene rings is 1. The lowest BCUT2D eigenvalue weighted by atomic mass is 9.95. The molecule has 2 N–H and O–H groups in total. The molecular weight excluding hydrogens is 346 g/mol. The lowest BCUT2D eigenvalue weighted by molar-refractivity contribution is -0.126. The van der Waals surface area contributed by atoms with Gasteiger partial charge in [0.1, 0.15) is 0 Å². The molecule has 1 aromatic carbocycles. The van der Waals surface area contributed by atoms with Crippen LogP contribution in [0, 0.1) is 19.8 Å². The zero-order valence-electron chi connectivity index (χ0n) is 15.4. The molecule has 0 bridgehead atoms. The van der Waals surface area contributed by atoms with Crippen molar-refractivity contribution >= 4 is 22.4 Å². The number of rotatable bonds is 6. The molecular formula is C20H27N3O2S. The Morgan fingerprint density at radius 2 is 2.15 bits per heavy atom. The fraction of sp³-hybridized carbons (Fsp3) is 0.500. The SMILES string of the molecule is Cc1cccc(C[C@H](CO)NC(=O)C2CCN(c3nc(C)cs3)CC2)c1. The molecule has 1 saturated heterocycles. The molecule has 1 atom stereocenters. The molecule has 140 valence electrons. The predicted molar refractivity (Wildman–Crippen MR) is 106 cm³/mol. The van der Waals surface area contributed by atoms with Gasteiger partial charge in [-0.25, -0.2) is 4.98 Å². The zero-order valence-corrected chi connectivity index (χ0v) is 16.3. The molecule has 6 heteroatoms. The van der Waals surface area contributed by atoms with Crippen LogP contribution in [0.1, 0.15) is 29.7 Å². The molecule has 2 heterocycles. The maximum atomic E-state index is 12.6. The summed E-state index contributed by atoms with van der Waals surface area (Å²) >= 11 is 1.66. The number of thiazole rings is 1. The van der Waals surface area contributed by atoms with Crippen molar-refractivity contribution < 1.29 is 9.90 Å². The number of nitrogens with zero attached hydrogens (tertiary/aromatic N) is 2. The molecule has 1 aliphatic heterocycles. The van der Waals surface area contributed by atoms with Crippen LogP contribution >= 0.6 is 11.3 Å². The van der Waals surface area contributed by atoms with E-state index in [1.54, 1.807) is 11.3 Å². The zero-order chi connectivity index (χ0) is 18.5. The Morgan fingerprint density at radius 3 is 2.77 bits per heavy atom. The number of aryl methyl sites for hydroxylation is 2. The third kappa shape index (κ3) is 4.83. The Labute approximate surface area is 159 Å². The Balaban J connectivity index is 1.51. The van der Waals surface area contributed by atoms with E-state index in [4.69, 9.17) is 0 Å². The Bertz CT molecular complexity index is 738. The van der Waals surface area contributed by atoms with Crippen molar-refractivity contribution in [3.8, 4) is 0 Å². The predicted octanol–water partition coefficient (Wildman–Crippen LogP) is 2.70. The molecule has 26 heavy (non-hydrogen) atoms. The molecule has 0 radical (unpaired) electrons. The standard InChI is InChI=1S/C20H27N3O2S/c1-14-4-3-5-16(10-14)11-18(12-24)22-19(25)17-6-8-23(9-7-17)20-21-15(2)13-26-20/h3-5,10,13,17-18,24H,6-9,11-12H2,1-2H3,(H,22,25)/t18-/m1/s1. The summed E-state index contributed by atoms with van der Waals surface area (Å²) in [6, 6.07) is 7.97. The van der Waals surface area contributed by atoms with Gasteiger partial charge in [-0.15, -0.1) is 11.3 Å². The number of carbonyl (C=O) groups is 1. The van der Waals surface area contributed by atoms with Crippen LogP contribution in [0.5, 0.6) is 0 Å². The number of anilines is 1. The average Bonchev–Trinajstić information content (AvgIpc) is 3.07. The second-order valence-corrected chi connectivity index (χ2v) is 7.95. The van der Waals surface area contributed by atoms with E-state index in [0.717, 1.165) is 42.3 Å². The van der Waals surface area contributed by atoms with Gasteiger partial charge in [-0.05, 0) is 38.7 Å². The number of piperidine rings is 1. The number of hydrogen-bond donors (Lipinski definition) is 2. The second kappa shape index (κ2) is 8.64. The quantitative estimate of drug-likeness (QED) is 0.817. The van der Waals surface area contributed by atoms with Crippen LogP contribution in [0.15, 0.2) is 29.6 Å². The fourth-order valence-corrected chi connectivity index (χ4v) is 4.28. The summed E-state index contributed by atoms with van der Waals surface area (Å²) < 4.78 is 0. The maximum Gasteiger partial charge on any atom is 0.223 e. The molecule has 2 aromatic rings. The van der Waals surface area contributed by atoms with Crippen molar-refractivity contribution in [3.63, 3.8) is 0 Å². The first-order valence-corrected chi connectivity index (χ1v) is 10.1. The molecule has 0 unspecified atom stereocenters. The van der Waals surface area contributed by atoms with Gasteiger partial charge in [0.05, 0.1) is 18.3 Å². The monoisotopic (exact) mass is 373 g/mol. The highest BCUT2D eigenvalue weighted by molar-refractivity contribution is 7.13. The first-order valence-electron chi connectivity index (χ1n) is 9.19. The summed E-state index contributed by atoms with van der Waals surface area (Å²) in [6.07, 6.45) is 2.31. The number of aromatic nitrogens is 1. The molecule has 3 rings (SSSR count). The van der Waals surface area contributed by atoms with Gasteiger partial charge in [0.25, 0.3) is 0 Å². The molecule has 0 saturated carbocycles. The van der Waals surface area contributed by atoms with Gasteiger partial charge in [-0.2, -0.15) is 0 Å². The van der Waals surface area contributed by atoms with Gasteiger partial charge in [-0.3, -0.25) is 4.79 Å². The third-order valence-corrected chi connectivity index (χ3v) is 5.89. The Morgan fingerprint density at radius 1 is 1.38 bits per heavy atom. The highest BCUT2D eigenvalue weighted by Crippen LogP contribution is 2.26. The van der Waals surface area contributed by atoms with Crippen LogP contribution in [-0.4, -0.2) is 41.7 Å². The number of carbonyl (C=O) groups excluding carboxylic acids is 1. The number of nitrogens with one attached hydrogen (secondary N) is 1. The smallest absolute Gasteiger partial charge is 0.223 e. The first kappa shape index (κ1) is 18.9. The largest absolute Gasteiger partial charge is 0.394 e. The summed E-state index contributed by atoms with van der Waals surface area (Å²) in [5.41, 5.74) is 3.38. The van der Waals surface area contributed by atoms with Crippen molar-refractivity contribution in [2.45, 2.75) is 39.2 Å². The summed E-state index contributed by atoms with van der Waals surface area (Å²) in [5, 5.41) is 15.8. The van der Waals surface area contributed by atoms with Gasteiger partial charge < -0.3 is 15.3 Å². The van der Waals surface area contributed by atoms with E-state index in [1.807, 2.05) is 32.0 Å². The average molecular weight is 374 g/mol. The minimum absolute atomic E-state index is 0.0128. The lowest BCUT2D eigenvalue weighted by Crippen LogP contribution is -2.45. The van der Waals surface area contributed by atoms with Crippen molar-refractivity contribution in [3.05, 3.63) is 46.5 Å². The minimum atomic E-state index is -0.232. The highest BCUT2D eigenvalue weighted by atomic mass is 32.1. The minimum Gasteiger partial charge on any atom is -0.394 e. The summed E-state index contributed by atoms with van der Waals surface area (Å²) in [7, 11) is 0. The third-order valence-electron chi connectivity index (χ3n) is 4.87. The van der Waals surface area contributed by atoms with Crippen molar-refractivity contribution in [2.24, 2.45) is 5.92 Å².